The van der Waals surface area contributed by atoms with Crippen molar-refractivity contribution in [1.29, 1.82) is 0 Å². The van der Waals surface area contributed by atoms with Crippen molar-refractivity contribution < 1.29 is 24.2 Å². The summed E-state index contributed by atoms with van der Waals surface area (Å²) in [5, 5.41) is 11.1. The molecule has 1 spiro atoms. The average Bonchev–Trinajstić information content (AvgIpc) is 2.39. The number of nitrogens with zero attached hydrogens (tertiary/aromatic N) is 1. The van der Waals surface area contributed by atoms with Gasteiger partial charge < -0.3 is 15.2 Å². The van der Waals surface area contributed by atoms with E-state index in [1.807, 2.05) is 0 Å². The Hall–Kier alpha value is -1.63. The number of imide groups is 1. The molecule has 1 aliphatic heterocycles. The first-order valence-corrected chi connectivity index (χ1v) is 4.87. The van der Waals surface area contributed by atoms with Gasteiger partial charge in [0.1, 0.15) is 12.1 Å². The third-order valence-corrected chi connectivity index (χ3v) is 3.02. The molecule has 1 aliphatic carbocycles. The molecule has 7 nitrogen and oxygen atoms in total. The molecule has 2 N–H and O–H groups in total. The van der Waals surface area contributed by atoms with Crippen LogP contribution in [0.15, 0.2) is 0 Å². The van der Waals surface area contributed by atoms with Crippen LogP contribution in [0, 0.1) is 0 Å². The number of hydrogen-bond donors (Lipinski definition) is 2. The van der Waals surface area contributed by atoms with Gasteiger partial charge in [-0.15, -0.1) is 0 Å². The third-order valence-electron chi connectivity index (χ3n) is 3.02. The molecule has 1 heterocycles. The second kappa shape index (κ2) is 3.44. The lowest BCUT2D eigenvalue weighted by Crippen LogP contribution is -2.59. The first-order chi connectivity index (χ1) is 7.48. The molecule has 3 amide bonds. The predicted molar refractivity (Wildman–Crippen MR) is 50.6 cm³/mol. The Bertz CT molecular complexity index is 361. The molecule has 2 fully saturated rings. The molecule has 0 radical (unpaired) electrons. The van der Waals surface area contributed by atoms with Crippen LogP contribution in [0.4, 0.5) is 4.79 Å². The number of nitrogens with one attached hydrogen (secondary N) is 1. The fraction of sp³-hybridized carbons (Fsp3) is 0.667. The average molecular weight is 228 g/mol. The summed E-state index contributed by atoms with van der Waals surface area (Å²) in [5.41, 5.74) is -0.923. The highest BCUT2D eigenvalue weighted by molar-refractivity contribution is 6.09. The highest BCUT2D eigenvalue weighted by atomic mass is 16.5. The predicted octanol–water partition coefficient (Wildman–Crippen LogP) is -0.830. The van der Waals surface area contributed by atoms with E-state index < -0.39 is 30.0 Å². The van der Waals surface area contributed by atoms with Crippen molar-refractivity contribution in [3.05, 3.63) is 0 Å². The van der Waals surface area contributed by atoms with Crippen LogP contribution in [0.5, 0.6) is 0 Å². The molecule has 16 heavy (non-hydrogen) atoms. The lowest BCUT2D eigenvalue weighted by atomic mass is 9.74. The lowest BCUT2D eigenvalue weighted by molar-refractivity contribution is -0.146. The maximum absolute atomic E-state index is 11.8. The van der Waals surface area contributed by atoms with Crippen molar-refractivity contribution in [2.75, 3.05) is 13.7 Å². The van der Waals surface area contributed by atoms with Gasteiger partial charge in [-0.25, -0.2) is 4.79 Å². The van der Waals surface area contributed by atoms with Crippen molar-refractivity contribution in [1.82, 2.24) is 10.2 Å². The van der Waals surface area contributed by atoms with Crippen LogP contribution >= 0.6 is 0 Å². The molecular weight excluding hydrogens is 216 g/mol. The maximum Gasteiger partial charge on any atom is 0.325 e. The summed E-state index contributed by atoms with van der Waals surface area (Å²) < 4.78 is 5.03. The largest absolute Gasteiger partial charge is 0.480 e. The van der Waals surface area contributed by atoms with E-state index in [2.05, 4.69) is 5.32 Å². The molecule has 2 aliphatic rings. The van der Waals surface area contributed by atoms with E-state index in [1.54, 1.807) is 0 Å². The summed E-state index contributed by atoms with van der Waals surface area (Å²) in [6.07, 6.45) is 0.767. The lowest BCUT2D eigenvalue weighted by Gasteiger charge is -2.41. The van der Waals surface area contributed by atoms with Gasteiger partial charge in [-0.2, -0.15) is 0 Å². The summed E-state index contributed by atoms with van der Waals surface area (Å²) in [6.45, 7) is -0.593. The second-order valence-electron chi connectivity index (χ2n) is 4.06. The first kappa shape index (κ1) is 10.9. The van der Waals surface area contributed by atoms with Crippen molar-refractivity contribution in [2.24, 2.45) is 0 Å². The minimum Gasteiger partial charge on any atom is -0.480 e. The van der Waals surface area contributed by atoms with Gasteiger partial charge in [0.05, 0.1) is 6.10 Å². The van der Waals surface area contributed by atoms with Crippen LogP contribution in [0.1, 0.15) is 12.8 Å². The minimum atomic E-state index is -1.21. The van der Waals surface area contributed by atoms with E-state index in [9.17, 15) is 14.4 Å². The molecule has 2 rings (SSSR count). The number of carboxylic acids is 1. The standard InChI is InChI=1S/C9H12N2O5/c1-16-5-2-9(3-5)7(14)11(4-6(12)13)8(15)10-9/h5H,2-4H2,1H3,(H,10,15)(H,12,13). The third kappa shape index (κ3) is 1.44. The van der Waals surface area contributed by atoms with E-state index in [0.29, 0.717) is 12.8 Å². The van der Waals surface area contributed by atoms with Crippen LogP contribution in [-0.4, -0.2) is 53.2 Å². The number of carbonyl (C=O) groups excluding carboxylic acids is 2. The molecule has 0 atom stereocenters. The highest BCUT2D eigenvalue weighted by Crippen LogP contribution is 2.38. The van der Waals surface area contributed by atoms with Gasteiger partial charge >= 0.3 is 12.0 Å². The Balaban J connectivity index is 2.09. The van der Waals surface area contributed by atoms with Gasteiger partial charge in [0.2, 0.25) is 0 Å². The van der Waals surface area contributed by atoms with E-state index in [-0.39, 0.29) is 6.10 Å². The van der Waals surface area contributed by atoms with Gasteiger partial charge in [0.15, 0.2) is 0 Å². The van der Waals surface area contributed by atoms with Crippen molar-refractivity contribution in [3.63, 3.8) is 0 Å². The van der Waals surface area contributed by atoms with Gasteiger partial charge in [-0.05, 0) is 0 Å². The van der Waals surface area contributed by atoms with Crippen LogP contribution in [0.25, 0.3) is 0 Å². The van der Waals surface area contributed by atoms with Gasteiger partial charge in [-0.1, -0.05) is 0 Å². The number of hydrogen-bond acceptors (Lipinski definition) is 4. The maximum atomic E-state index is 11.8. The van der Waals surface area contributed by atoms with Crippen molar-refractivity contribution in [3.8, 4) is 0 Å². The minimum absolute atomic E-state index is 0.0472. The van der Waals surface area contributed by atoms with Crippen LogP contribution in [0.3, 0.4) is 0 Å². The number of urea groups is 1. The fourth-order valence-electron chi connectivity index (χ4n) is 2.12. The van der Waals surface area contributed by atoms with E-state index in [4.69, 9.17) is 9.84 Å². The number of carboxylic acid groups (broad SMARTS) is 1. The van der Waals surface area contributed by atoms with Crippen LogP contribution in [-0.2, 0) is 14.3 Å². The van der Waals surface area contributed by atoms with Crippen molar-refractivity contribution >= 4 is 17.9 Å². The summed E-state index contributed by atoms with van der Waals surface area (Å²) in [5.74, 6) is -1.67. The Labute approximate surface area is 91.3 Å². The van der Waals surface area contributed by atoms with Crippen LogP contribution < -0.4 is 5.32 Å². The molecule has 0 aromatic heterocycles. The SMILES string of the molecule is COC1CC2(C1)NC(=O)N(CC(=O)O)C2=O. The number of amides is 3. The van der Waals surface area contributed by atoms with Gasteiger partial charge in [0, 0.05) is 20.0 Å². The molecule has 88 valence electrons. The number of methoxy groups -OCH3 is 1. The molecule has 0 unspecified atom stereocenters. The van der Waals surface area contributed by atoms with Gasteiger partial charge in [-0.3, -0.25) is 14.5 Å². The zero-order chi connectivity index (χ0) is 11.9. The molecule has 7 heteroatoms. The summed E-state index contributed by atoms with van der Waals surface area (Å²) in [4.78, 5) is 34.5. The van der Waals surface area contributed by atoms with E-state index >= 15 is 0 Å². The molecule has 1 saturated carbocycles. The Morgan fingerprint density at radius 2 is 2.25 bits per heavy atom. The molecule has 0 aromatic rings. The molecule has 1 saturated heterocycles. The zero-order valence-corrected chi connectivity index (χ0v) is 8.73. The summed E-state index contributed by atoms with van der Waals surface area (Å²) in [6, 6.07) is -0.637. The quantitative estimate of drug-likeness (QED) is 0.615. The number of ether oxygens (including phenoxy) is 1. The summed E-state index contributed by atoms with van der Waals surface area (Å²) in [7, 11) is 1.54. The zero-order valence-electron chi connectivity index (χ0n) is 8.73. The Kier molecular flexibility index (Phi) is 2.34. The molecule has 0 aromatic carbocycles. The normalized spacial score (nSPS) is 32.8. The van der Waals surface area contributed by atoms with E-state index in [1.165, 1.54) is 7.11 Å². The van der Waals surface area contributed by atoms with Crippen LogP contribution in [0.2, 0.25) is 0 Å². The smallest absolute Gasteiger partial charge is 0.325 e. The topological polar surface area (TPSA) is 95.9 Å². The molecule has 0 bridgehead atoms. The number of carbonyl (C=O) groups is 3. The Morgan fingerprint density at radius 3 is 2.75 bits per heavy atom. The second-order valence-corrected chi connectivity index (χ2v) is 4.06. The molecular formula is C9H12N2O5. The monoisotopic (exact) mass is 228 g/mol. The Morgan fingerprint density at radius 1 is 1.62 bits per heavy atom. The first-order valence-electron chi connectivity index (χ1n) is 4.87. The van der Waals surface area contributed by atoms with Crippen molar-refractivity contribution in [2.45, 2.75) is 24.5 Å². The summed E-state index contributed by atoms with van der Waals surface area (Å²) >= 11 is 0. The highest BCUT2D eigenvalue weighted by Gasteiger charge is 2.59. The fourth-order valence-corrected chi connectivity index (χ4v) is 2.12. The van der Waals surface area contributed by atoms with Gasteiger partial charge in [0.25, 0.3) is 5.91 Å². The number of rotatable bonds is 3. The van der Waals surface area contributed by atoms with E-state index in [0.717, 1.165) is 4.90 Å². The number of aliphatic carboxylic acids is 1.